The molecule has 2 atom stereocenters. The van der Waals surface area contributed by atoms with Crippen LogP contribution in [0.1, 0.15) is 28.2 Å². The van der Waals surface area contributed by atoms with Gasteiger partial charge in [-0.15, -0.1) is 0 Å². The fourth-order valence-corrected chi connectivity index (χ4v) is 4.38. The maximum Gasteiger partial charge on any atom is 0.196 e. The minimum Gasteiger partial charge on any atom is -0.226 e. The topological polar surface area (TPSA) is 0 Å². The minimum atomic E-state index is -1.69. The third-order valence-corrected chi connectivity index (χ3v) is 5.98. The van der Waals surface area contributed by atoms with Gasteiger partial charge in [0.25, 0.3) is 0 Å². The third-order valence-electron chi connectivity index (χ3n) is 3.86. The van der Waals surface area contributed by atoms with Gasteiger partial charge in [0, 0.05) is 15.1 Å². The van der Waals surface area contributed by atoms with Gasteiger partial charge in [-0.3, -0.25) is 0 Å². The first-order valence-corrected chi connectivity index (χ1v) is 8.48. The minimum absolute atomic E-state index is 0.232. The molecule has 0 bridgehead atoms. The molecule has 20 heavy (non-hydrogen) atoms. The SMILES string of the molecule is Cc1ccc(C2Cc3ccc(I)c(F)c3C2(F)I)cc1. The van der Waals surface area contributed by atoms with Crippen molar-refractivity contribution in [1.29, 1.82) is 0 Å². The molecule has 0 saturated carbocycles. The van der Waals surface area contributed by atoms with Crippen molar-refractivity contribution in [2.45, 2.75) is 22.9 Å². The van der Waals surface area contributed by atoms with E-state index in [4.69, 9.17) is 0 Å². The highest BCUT2D eigenvalue weighted by atomic mass is 127. The predicted octanol–water partition coefficient (Wildman–Crippen LogP) is 5.64. The van der Waals surface area contributed by atoms with Crippen molar-refractivity contribution in [1.82, 2.24) is 0 Å². The molecule has 0 nitrogen and oxygen atoms in total. The second kappa shape index (κ2) is 5.19. The van der Waals surface area contributed by atoms with E-state index in [0.29, 0.717) is 9.99 Å². The number of fused-ring (bicyclic) bond motifs is 1. The predicted molar refractivity (Wildman–Crippen MR) is 93.5 cm³/mol. The van der Waals surface area contributed by atoms with Crippen LogP contribution in [0, 0.1) is 16.3 Å². The molecule has 0 N–H and O–H groups in total. The summed E-state index contributed by atoms with van der Waals surface area (Å²) in [6, 6.07) is 11.4. The number of aryl methyl sites for hydroxylation is 1. The highest BCUT2D eigenvalue weighted by Gasteiger charge is 2.48. The van der Waals surface area contributed by atoms with Crippen molar-refractivity contribution >= 4 is 45.2 Å². The lowest BCUT2D eigenvalue weighted by molar-refractivity contribution is 0.276. The molecule has 0 radical (unpaired) electrons. The van der Waals surface area contributed by atoms with Crippen LogP contribution in [-0.2, 0) is 10.1 Å². The number of benzene rings is 2. The van der Waals surface area contributed by atoms with Crippen LogP contribution in [-0.4, -0.2) is 0 Å². The number of alkyl halides is 2. The molecule has 1 aliphatic carbocycles. The van der Waals surface area contributed by atoms with Gasteiger partial charge < -0.3 is 0 Å². The van der Waals surface area contributed by atoms with Gasteiger partial charge in [-0.2, -0.15) is 0 Å². The molecule has 0 saturated heterocycles. The van der Waals surface area contributed by atoms with Gasteiger partial charge in [0.1, 0.15) is 5.82 Å². The second-order valence-corrected chi connectivity index (χ2v) is 7.92. The van der Waals surface area contributed by atoms with E-state index >= 15 is 4.39 Å². The fraction of sp³-hybridized carbons (Fsp3) is 0.250. The molecule has 0 aliphatic heterocycles. The van der Waals surface area contributed by atoms with Crippen molar-refractivity contribution in [2.75, 3.05) is 0 Å². The van der Waals surface area contributed by atoms with Crippen molar-refractivity contribution in [3.8, 4) is 0 Å². The molecule has 4 heteroatoms. The summed E-state index contributed by atoms with van der Waals surface area (Å²) in [6.07, 6.45) is 0.547. The third kappa shape index (κ3) is 2.28. The maximum absolute atomic E-state index is 15.2. The number of hydrogen-bond donors (Lipinski definition) is 0. The van der Waals surface area contributed by atoms with E-state index in [1.807, 2.05) is 59.8 Å². The zero-order valence-corrected chi connectivity index (χ0v) is 15.1. The fourth-order valence-electron chi connectivity index (χ4n) is 2.77. The standard InChI is InChI=1S/C16H12F2I2/c1-9-2-4-10(5-3-9)12-8-11-6-7-13(19)15(17)14(11)16(12,18)20/h2-7,12H,8H2,1H3. The first-order valence-electron chi connectivity index (χ1n) is 6.33. The average Bonchev–Trinajstić information content (AvgIpc) is 2.67. The van der Waals surface area contributed by atoms with Crippen molar-refractivity contribution in [3.63, 3.8) is 0 Å². The monoisotopic (exact) mass is 496 g/mol. The number of halogens is 4. The Balaban J connectivity index is 2.10. The van der Waals surface area contributed by atoms with E-state index in [2.05, 4.69) is 0 Å². The number of hydrogen-bond acceptors (Lipinski definition) is 0. The van der Waals surface area contributed by atoms with Gasteiger partial charge in [-0.25, -0.2) is 8.78 Å². The van der Waals surface area contributed by atoms with Crippen molar-refractivity contribution < 1.29 is 8.78 Å². The summed E-state index contributed by atoms with van der Waals surface area (Å²) in [4.78, 5) is 0. The lowest BCUT2D eigenvalue weighted by Crippen LogP contribution is -2.18. The zero-order chi connectivity index (χ0) is 14.5. The molecule has 0 heterocycles. The first-order chi connectivity index (χ1) is 9.41. The van der Waals surface area contributed by atoms with Crippen LogP contribution in [0.5, 0.6) is 0 Å². The first kappa shape index (κ1) is 14.7. The lowest BCUT2D eigenvalue weighted by Gasteiger charge is -2.23. The Morgan fingerprint density at radius 2 is 1.80 bits per heavy atom. The average molecular weight is 496 g/mol. The summed E-state index contributed by atoms with van der Waals surface area (Å²) in [5, 5.41) is 0. The highest BCUT2D eigenvalue weighted by Crippen LogP contribution is 2.55. The van der Waals surface area contributed by atoms with E-state index in [9.17, 15) is 4.39 Å². The highest BCUT2D eigenvalue weighted by molar-refractivity contribution is 14.1. The van der Waals surface area contributed by atoms with Gasteiger partial charge in [0.15, 0.2) is 3.68 Å². The summed E-state index contributed by atoms with van der Waals surface area (Å²) in [7, 11) is 0. The van der Waals surface area contributed by atoms with E-state index < -0.39 is 9.49 Å². The molecular weight excluding hydrogens is 484 g/mol. The summed E-state index contributed by atoms with van der Waals surface area (Å²) in [5.74, 6) is -0.735. The van der Waals surface area contributed by atoms with E-state index in [-0.39, 0.29) is 11.5 Å². The van der Waals surface area contributed by atoms with Gasteiger partial charge in [0.2, 0.25) is 0 Å². The smallest absolute Gasteiger partial charge is 0.196 e. The van der Waals surface area contributed by atoms with Crippen molar-refractivity contribution in [3.05, 3.63) is 68.0 Å². The Hall–Kier alpha value is -0.240. The Morgan fingerprint density at radius 1 is 1.15 bits per heavy atom. The van der Waals surface area contributed by atoms with Crippen molar-refractivity contribution in [2.24, 2.45) is 0 Å². The molecule has 3 rings (SSSR count). The Bertz CT molecular complexity index is 663. The van der Waals surface area contributed by atoms with Crippen LogP contribution in [0.15, 0.2) is 36.4 Å². The Morgan fingerprint density at radius 3 is 2.45 bits per heavy atom. The van der Waals surface area contributed by atoms with Crippen LogP contribution >= 0.6 is 45.2 Å². The van der Waals surface area contributed by atoms with Gasteiger partial charge in [-0.05, 0) is 75.7 Å². The molecule has 2 unspecified atom stereocenters. The maximum atomic E-state index is 15.2. The van der Waals surface area contributed by atoms with Gasteiger partial charge >= 0.3 is 0 Å². The molecule has 2 aromatic carbocycles. The van der Waals surface area contributed by atoms with Crippen LogP contribution in [0.25, 0.3) is 0 Å². The van der Waals surface area contributed by atoms with Crippen LogP contribution in [0.4, 0.5) is 8.78 Å². The van der Waals surface area contributed by atoms with Crippen LogP contribution < -0.4 is 0 Å². The molecule has 2 aromatic rings. The summed E-state index contributed by atoms with van der Waals surface area (Å²) >= 11 is 3.68. The molecule has 0 aromatic heterocycles. The molecular formula is C16H12F2I2. The second-order valence-electron chi connectivity index (χ2n) is 5.19. The molecule has 104 valence electrons. The van der Waals surface area contributed by atoms with Crippen LogP contribution in [0.2, 0.25) is 0 Å². The normalized spacial score (nSPS) is 24.8. The van der Waals surface area contributed by atoms with E-state index in [1.165, 1.54) is 0 Å². The Kier molecular flexibility index (Phi) is 3.81. The van der Waals surface area contributed by atoms with Crippen LogP contribution in [0.3, 0.4) is 0 Å². The molecule has 0 amide bonds. The summed E-state index contributed by atoms with van der Waals surface area (Å²) < 4.78 is 28.3. The summed E-state index contributed by atoms with van der Waals surface area (Å²) in [5.41, 5.74) is 3.09. The summed E-state index contributed by atoms with van der Waals surface area (Å²) in [6.45, 7) is 2.00. The molecule has 0 fully saturated rings. The van der Waals surface area contributed by atoms with E-state index in [1.54, 1.807) is 28.7 Å². The van der Waals surface area contributed by atoms with E-state index in [0.717, 1.165) is 16.7 Å². The Labute approximate surface area is 144 Å². The van der Waals surface area contributed by atoms with Gasteiger partial charge in [0.05, 0.1) is 0 Å². The number of rotatable bonds is 1. The quantitative estimate of drug-likeness (QED) is 0.355. The molecule has 1 aliphatic rings. The van der Waals surface area contributed by atoms with Gasteiger partial charge in [-0.1, -0.05) is 35.9 Å². The molecule has 0 spiro atoms. The largest absolute Gasteiger partial charge is 0.226 e. The lowest BCUT2D eigenvalue weighted by atomic mass is 9.94. The zero-order valence-electron chi connectivity index (χ0n) is 10.8.